The van der Waals surface area contributed by atoms with Crippen molar-refractivity contribution in [1.29, 1.82) is 0 Å². The van der Waals surface area contributed by atoms with Crippen molar-refractivity contribution in [3.63, 3.8) is 0 Å². The van der Waals surface area contributed by atoms with Gasteiger partial charge in [-0.15, -0.1) is 0 Å². The van der Waals surface area contributed by atoms with Crippen molar-refractivity contribution in [3.8, 4) is 0 Å². The van der Waals surface area contributed by atoms with Crippen LogP contribution in [0.4, 0.5) is 0 Å². The van der Waals surface area contributed by atoms with Crippen LogP contribution in [0.25, 0.3) is 0 Å². The SMILES string of the molecule is CN(CCCOC=O)CCCO[Si](c1ccccc1)(c1ccccc1)C(C)(C)C. The van der Waals surface area contributed by atoms with E-state index in [-0.39, 0.29) is 5.04 Å². The number of carbonyl (C=O) groups excluding carboxylic acids is 1. The highest BCUT2D eigenvalue weighted by Gasteiger charge is 2.49. The molecule has 0 aromatic heterocycles. The second kappa shape index (κ2) is 11.3. The zero-order valence-corrected chi connectivity index (χ0v) is 19.3. The minimum atomic E-state index is -2.43. The van der Waals surface area contributed by atoms with Gasteiger partial charge in [0.1, 0.15) is 0 Å². The largest absolute Gasteiger partial charge is 0.468 e. The maximum absolute atomic E-state index is 10.2. The van der Waals surface area contributed by atoms with Crippen molar-refractivity contribution in [3.05, 3.63) is 60.7 Å². The predicted octanol–water partition coefficient (Wildman–Crippen LogP) is 3.45. The lowest BCUT2D eigenvalue weighted by molar-refractivity contribution is -0.128. The van der Waals surface area contributed by atoms with Gasteiger partial charge in [0.2, 0.25) is 0 Å². The molecule has 158 valence electrons. The molecule has 2 aromatic carbocycles. The van der Waals surface area contributed by atoms with Crippen LogP contribution in [-0.4, -0.2) is 53.0 Å². The third kappa shape index (κ3) is 6.26. The molecule has 0 bridgehead atoms. The molecule has 0 saturated heterocycles. The van der Waals surface area contributed by atoms with E-state index in [4.69, 9.17) is 9.16 Å². The summed E-state index contributed by atoms with van der Waals surface area (Å²) >= 11 is 0. The Morgan fingerprint density at radius 2 is 1.34 bits per heavy atom. The number of nitrogens with zero attached hydrogens (tertiary/aromatic N) is 1. The van der Waals surface area contributed by atoms with Crippen molar-refractivity contribution in [2.75, 3.05) is 33.4 Å². The van der Waals surface area contributed by atoms with E-state index in [2.05, 4.69) is 93.4 Å². The first-order valence-electron chi connectivity index (χ1n) is 10.4. The van der Waals surface area contributed by atoms with E-state index in [1.807, 2.05) is 0 Å². The summed E-state index contributed by atoms with van der Waals surface area (Å²) in [6.45, 7) is 10.5. The summed E-state index contributed by atoms with van der Waals surface area (Å²) in [6, 6.07) is 21.5. The summed E-state index contributed by atoms with van der Waals surface area (Å²) in [7, 11) is -0.334. The molecule has 2 aromatic rings. The van der Waals surface area contributed by atoms with Crippen LogP contribution in [0.5, 0.6) is 0 Å². The molecule has 0 aliphatic rings. The highest BCUT2D eigenvalue weighted by atomic mass is 28.4. The first kappa shape index (κ1) is 23.3. The third-order valence-electron chi connectivity index (χ3n) is 5.29. The number of ether oxygens (including phenoxy) is 1. The van der Waals surface area contributed by atoms with Gasteiger partial charge in [-0.25, -0.2) is 0 Å². The summed E-state index contributed by atoms with van der Waals surface area (Å²) in [5.74, 6) is 0. The van der Waals surface area contributed by atoms with Gasteiger partial charge in [0.25, 0.3) is 14.8 Å². The lowest BCUT2D eigenvalue weighted by atomic mass is 10.2. The second-order valence-corrected chi connectivity index (χ2v) is 12.8. The molecule has 0 aliphatic heterocycles. The van der Waals surface area contributed by atoms with Gasteiger partial charge in [0.05, 0.1) is 6.61 Å². The molecule has 0 spiro atoms. The van der Waals surface area contributed by atoms with E-state index in [0.717, 1.165) is 32.5 Å². The Labute approximate surface area is 177 Å². The van der Waals surface area contributed by atoms with Crippen LogP contribution in [0.1, 0.15) is 33.6 Å². The van der Waals surface area contributed by atoms with Gasteiger partial charge in [-0.05, 0) is 41.8 Å². The first-order valence-corrected chi connectivity index (χ1v) is 12.3. The lowest BCUT2D eigenvalue weighted by Gasteiger charge is -2.43. The average molecular weight is 414 g/mol. The number of carbonyl (C=O) groups is 1. The Balaban J connectivity index is 2.12. The molecule has 4 nitrogen and oxygen atoms in total. The Morgan fingerprint density at radius 1 is 0.862 bits per heavy atom. The predicted molar refractivity (Wildman–Crippen MR) is 122 cm³/mol. The number of hydrogen-bond acceptors (Lipinski definition) is 4. The highest BCUT2D eigenvalue weighted by molar-refractivity contribution is 6.99. The average Bonchev–Trinajstić information content (AvgIpc) is 2.72. The maximum Gasteiger partial charge on any atom is 0.293 e. The summed E-state index contributed by atoms with van der Waals surface area (Å²) in [4.78, 5) is 12.5. The first-order chi connectivity index (χ1) is 13.9. The van der Waals surface area contributed by atoms with E-state index in [0.29, 0.717) is 13.1 Å². The summed E-state index contributed by atoms with van der Waals surface area (Å²) in [6.07, 6.45) is 1.82. The smallest absolute Gasteiger partial charge is 0.293 e. The molecular weight excluding hydrogens is 378 g/mol. The Kier molecular flexibility index (Phi) is 9.08. The van der Waals surface area contributed by atoms with Gasteiger partial charge in [-0.3, -0.25) is 4.79 Å². The van der Waals surface area contributed by atoms with Crippen LogP contribution < -0.4 is 10.4 Å². The summed E-state index contributed by atoms with van der Waals surface area (Å²) in [5.41, 5.74) is 0. The monoisotopic (exact) mass is 413 g/mol. The van der Waals surface area contributed by atoms with Gasteiger partial charge in [-0.2, -0.15) is 0 Å². The van der Waals surface area contributed by atoms with Gasteiger partial charge < -0.3 is 14.1 Å². The van der Waals surface area contributed by atoms with Gasteiger partial charge in [-0.1, -0.05) is 81.4 Å². The normalized spacial score (nSPS) is 12.2. The second-order valence-electron chi connectivity index (χ2n) is 8.49. The standard InChI is InChI=1S/C24H35NO3Si/c1-24(2,3)29(22-13-7-5-8-14-22,23-15-9-6-10-16-23)28-20-12-18-25(4)17-11-19-27-21-26/h5-10,13-16,21H,11-12,17-20H2,1-4H3. The molecule has 29 heavy (non-hydrogen) atoms. The summed E-state index contributed by atoms with van der Waals surface area (Å²) < 4.78 is 11.7. The van der Waals surface area contributed by atoms with Gasteiger partial charge in [0, 0.05) is 13.2 Å². The highest BCUT2D eigenvalue weighted by Crippen LogP contribution is 2.36. The van der Waals surface area contributed by atoms with Crippen molar-refractivity contribution < 1.29 is 14.0 Å². The maximum atomic E-state index is 10.2. The van der Waals surface area contributed by atoms with Crippen molar-refractivity contribution in [2.45, 2.75) is 38.7 Å². The number of hydrogen-bond donors (Lipinski definition) is 0. The molecule has 0 heterocycles. The minimum absolute atomic E-state index is 0.00772. The van der Waals surface area contributed by atoms with Gasteiger partial charge >= 0.3 is 0 Å². The molecule has 0 fully saturated rings. The van der Waals surface area contributed by atoms with Crippen LogP contribution in [0, 0.1) is 0 Å². The van der Waals surface area contributed by atoms with E-state index in [9.17, 15) is 4.79 Å². The molecule has 0 amide bonds. The Bertz CT molecular complexity index is 676. The molecule has 0 unspecified atom stereocenters. The summed E-state index contributed by atoms with van der Waals surface area (Å²) in [5, 5.41) is 2.64. The fourth-order valence-corrected chi connectivity index (χ4v) is 8.51. The Morgan fingerprint density at radius 3 is 1.79 bits per heavy atom. The van der Waals surface area contributed by atoms with Crippen LogP contribution >= 0.6 is 0 Å². The van der Waals surface area contributed by atoms with Crippen LogP contribution in [0.15, 0.2) is 60.7 Å². The fraction of sp³-hybridized carbons (Fsp3) is 0.458. The molecule has 0 atom stereocenters. The number of benzene rings is 2. The van der Waals surface area contributed by atoms with E-state index in [1.165, 1.54) is 10.4 Å². The molecule has 5 heteroatoms. The third-order valence-corrected chi connectivity index (χ3v) is 10.3. The Hall–Kier alpha value is -1.95. The fourth-order valence-electron chi connectivity index (χ4n) is 3.90. The molecule has 0 aliphatic carbocycles. The zero-order chi connectivity index (χ0) is 21.2. The van der Waals surface area contributed by atoms with E-state index < -0.39 is 8.32 Å². The molecule has 2 rings (SSSR count). The van der Waals surface area contributed by atoms with E-state index >= 15 is 0 Å². The molecule has 0 radical (unpaired) electrons. The molecule has 0 N–H and O–H groups in total. The van der Waals surface area contributed by atoms with Crippen molar-refractivity contribution >= 4 is 25.2 Å². The molecule has 0 saturated carbocycles. The quantitative estimate of drug-likeness (QED) is 0.303. The van der Waals surface area contributed by atoms with Crippen molar-refractivity contribution in [1.82, 2.24) is 4.90 Å². The zero-order valence-electron chi connectivity index (χ0n) is 18.3. The van der Waals surface area contributed by atoms with E-state index in [1.54, 1.807) is 0 Å². The molecular formula is C24H35NO3Si. The minimum Gasteiger partial charge on any atom is -0.468 e. The van der Waals surface area contributed by atoms with Crippen molar-refractivity contribution in [2.24, 2.45) is 0 Å². The van der Waals surface area contributed by atoms with Crippen LogP contribution in [0.3, 0.4) is 0 Å². The van der Waals surface area contributed by atoms with Crippen LogP contribution in [-0.2, 0) is 14.0 Å². The lowest BCUT2D eigenvalue weighted by Crippen LogP contribution is -2.66. The van der Waals surface area contributed by atoms with Gasteiger partial charge in [0.15, 0.2) is 0 Å². The topological polar surface area (TPSA) is 38.8 Å². The number of rotatable bonds is 12. The van der Waals surface area contributed by atoms with Crippen LogP contribution in [0.2, 0.25) is 5.04 Å².